The monoisotopic (exact) mass is 197 g/mol. The number of halogens is 2. The topological polar surface area (TPSA) is 39.2 Å². The van der Waals surface area contributed by atoms with Crippen LogP contribution in [0.4, 0.5) is 8.78 Å². The van der Waals surface area contributed by atoms with Crippen molar-refractivity contribution < 1.29 is 13.2 Å². The van der Waals surface area contributed by atoms with Crippen molar-refractivity contribution in [2.24, 2.45) is 5.73 Å². The molecular weight excluding hydrogens is 188 g/mol. The van der Waals surface area contributed by atoms with E-state index in [-0.39, 0.29) is 11.0 Å². The zero-order valence-electron chi connectivity index (χ0n) is 7.39. The van der Waals surface area contributed by atoms with Crippen molar-refractivity contribution in [1.82, 2.24) is 0 Å². The van der Waals surface area contributed by atoms with E-state index in [1.54, 1.807) is 0 Å². The molecule has 1 aromatic carbocycles. The van der Waals surface area contributed by atoms with E-state index < -0.39 is 11.6 Å². The number of benzene rings is 1. The SMILES string of the molecule is NCCc1coc2c(F)ccc(F)c12. The zero-order valence-corrected chi connectivity index (χ0v) is 7.39. The summed E-state index contributed by atoms with van der Waals surface area (Å²) in [4.78, 5) is 0. The maximum atomic E-state index is 13.3. The van der Waals surface area contributed by atoms with Crippen LogP contribution in [0.15, 0.2) is 22.8 Å². The van der Waals surface area contributed by atoms with Gasteiger partial charge in [0.05, 0.1) is 11.6 Å². The first kappa shape index (κ1) is 9.15. The Morgan fingerprint density at radius 1 is 1.21 bits per heavy atom. The van der Waals surface area contributed by atoms with E-state index in [1.807, 2.05) is 0 Å². The van der Waals surface area contributed by atoms with Crippen LogP contribution in [0.5, 0.6) is 0 Å². The molecule has 0 radical (unpaired) electrons. The highest BCUT2D eigenvalue weighted by molar-refractivity contribution is 5.82. The number of hydrogen-bond donors (Lipinski definition) is 1. The van der Waals surface area contributed by atoms with Gasteiger partial charge in [-0.15, -0.1) is 0 Å². The normalized spacial score (nSPS) is 11.1. The summed E-state index contributed by atoms with van der Waals surface area (Å²) in [5.74, 6) is -1.02. The van der Waals surface area contributed by atoms with Gasteiger partial charge in [0.25, 0.3) is 0 Å². The van der Waals surface area contributed by atoms with Crippen LogP contribution in [-0.2, 0) is 6.42 Å². The van der Waals surface area contributed by atoms with Gasteiger partial charge in [-0.2, -0.15) is 0 Å². The molecule has 2 N–H and O–H groups in total. The van der Waals surface area contributed by atoms with Gasteiger partial charge in [0, 0.05) is 5.56 Å². The third kappa shape index (κ3) is 1.28. The highest BCUT2D eigenvalue weighted by Gasteiger charge is 2.13. The molecule has 0 amide bonds. The van der Waals surface area contributed by atoms with Gasteiger partial charge in [0.1, 0.15) is 5.82 Å². The molecule has 2 aromatic rings. The fourth-order valence-electron chi connectivity index (χ4n) is 1.48. The Bertz CT molecular complexity index is 464. The molecule has 14 heavy (non-hydrogen) atoms. The van der Waals surface area contributed by atoms with Crippen LogP contribution in [0.2, 0.25) is 0 Å². The van der Waals surface area contributed by atoms with Crippen molar-refractivity contribution in [3.05, 3.63) is 35.6 Å². The van der Waals surface area contributed by atoms with Crippen molar-refractivity contribution in [2.45, 2.75) is 6.42 Å². The molecule has 0 atom stereocenters. The second-order valence-electron chi connectivity index (χ2n) is 3.03. The van der Waals surface area contributed by atoms with E-state index in [0.29, 0.717) is 18.5 Å². The van der Waals surface area contributed by atoms with Crippen LogP contribution in [0.1, 0.15) is 5.56 Å². The molecule has 0 unspecified atom stereocenters. The van der Waals surface area contributed by atoms with Crippen LogP contribution >= 0.6 is 0 Å². The minimum absolute atomic E-state index is 0.0338. The fourth-order valence-corrected chi connectivity index (χ4v) is 1.48. The number of hydrogen-bond acceptors (Lipinski definition) is 2. The third-order valence-corrected chi connectivity index (χ3v) is 2.11. The molecule has 74 valence electrons. The Hall–Kier alpha value is -1.42. The number of furan rings is 1. The van der Waals surface area contributed by atoms with E-state index in [4.69, 9.17) is 10.2 Å². The Morgan fingerprint density at radius 2 is 1.93 bits per heavy atom. The second kappa shape index (κ2) is 3.38. The smallest absolute Gasteiger partial charge is 0.172 e. The van der Waals surface area contributed by atoms with Gasteiger partial charge in [-0.1, -0.05) is 0 Å². The number of rotatable bonds is 2. The molecule has 0 aliphatic heterocycles. The summed E-state index contributed by atoms with van der Waals surface area (Å²) in [5, 5.41) is 0.204. The first-order valence-electron chi connectivity index (χ1n) is 4.28. The van der Waals surface area contributed by atoms with Gasteiger partial charge in [-0.05, 0) is 25.1 Å². The molecule has 0 aliphatic rings. The maximum Gasteiger partial charge on any atom is 0.172 e. The van der Waals surface area contributed by atoms with Crippen LogP contribution in [-0.4, -0.2) is 6.54 Å². The summed E-state index contributed by atoms with van der Waals surface area (Å²) < 4.78 is 31.4. The van der Waals surface area contributed by atoms with Crippen molar-refractivity contribution in [2.75, 3.05) is 6.54 Å². The highest BCUT2D eigenvalue weighted by Crippen LogP contribution is 2.26. The minimum atomic E-state index is -0.551. The quantitative estimate of drug-likeness (QED) is 0.801. The van der Waals surface area contributed by atoms with Gasteiger partial charge in [0.2, 0.25) is 0 Å². The van der Waals surface area contributed by atoms with Crippen molar-refractivity contribution in [3.63, 3.8) is 0 Å². The van der Waals surface area contributed by atoms with Crippen molar-refractivity contribution >= 4 is 11.0 Å². The summed E-state index contributed by atoms with van der Waals surface area (Å²) in [6.07, 6.45) is 1.83. The lowest BCUT2D eigenvalue weighted by molar-refractivity contribution is 0.553. The van der Waals surface area contributed by atoms with Gasteiger partial charge in [-0.3, -0.25) is 0 Å². The average molecular weight is 197 g/mol. The molecule has 2 nitrogen and oxygen atoms in total. The fraction of sp³-hybridized carbons (Fsp3) is 0.200. The second-order valence-corrected chi connectivity index (χ2v) is 3.03. The Labute approximate surface area is 79.3 Å². The lowest BCUT2D eigenvalue weighted by Gasteiger charge is -1.96. The Balaban J connectivity index is 2.70. The highest BCUT2D eigenvalue weighted by atomic mass is 19.1. The first-order chi connectivity index (χ1) is 6.74. The van der Waals surface area contributed by atoms with Crippen molar-refractivity contribution in [1.29, 1.82) is 0 Å². The maximum absolute atomic E-state index is 13.3. The molecule has 0 spiro atoms. The largest absolute Gasteiger partial charge is 0.461 e. The molecule has 1 aromatic heterocycles. The Morgan fingerprint density at radius 3 is 2.64 bits per heavy atom. The van der Waals surface area contributed by atoms with E-state index in [2.05, 4.69) is 0 Å². The van der Waals surface area contributed by atoms with Crippen LogP contribution in [0.25, 0.3) is 11.0 Å². The average Bonchev–Trinajstić information content (AvgIpc) is 2.58. The van der Waals surface area contributed by atoms with Gasteiger partial charge in [-0.25, -0.2) is 8.78 Å². The number of nitrogens with two attached hydrogens (primary N) is 1. The summed E-state index contributed by atoms with van der Waals surface area (Å²) in [7, 11) is 0. The molecule has 0 aliphatic carbocycles. The van der Waals surface area contributed by atoms with Crippen LogP contribution in [0, 0.1) is 11.6 Å². The molecule has 0 fully saturated rings. The molecule has 1 heterocycles. The standard InChI is InChI=1S/C10H9F2NO/c11-7-1-2-8(12)10-9(7)6(3-4-13)5-14-10/h1-2,5H,3-4,13H2. The molecule has 0 saturated heterocycles. The summed E-state index contributed by atoms with van der Waals surface area (Å²) in [6.45, 7) is 0.380. The predicted molar refractivity (Wildman–Crippen MR) is 48.9 cm³/mol. The zero-order chi connectivity index (χ0) is 10.1. The molecule has 0 saturated carbocycles. The van der Waals surface area contributed by atoms with Gasteiger partial charge >= 0.3 is 0 Å². The summed E-state index contributed by atoms with van der Waals surface area (Å²) in [5.41, 5.74) is 5.92. The molecule has 4 heteroatoms. The van der Waals surface area contributed by atoms with E-state index in [1.165, 1.54) is 6.26 Å². The lowest BCUT2D eigenvalue weighted by atomic mass is 10.1. The van der Waals surface area contributed by atoms with E-state index in [0.717, 1.165) is 12.1 Å². The Kier molecular flexibility index (Phi) is 2.21. The predicted octanol–water partition coefficient (Wildman–Crippen LogP) is 2.21. The van der Waals surface area contributed by atoms with Crippen molar-refractivity contribution in [3.8, 4) is 0 Å². The van der Waals surface area contributed by atoms with Gasteiger partial charge in [0.15, 0.2) is 11.4 Å². The van der Waals surface area contributed by atoms with E-state index in [9.17, 15) is 8.78 Å². The minimum Gasteiger partial charge on any atom is -0.461 e. The summed E-state index contributed by atoms with van der Waals surface area (Å²) in [6, 6.07) is 2.14. The summed E-state index contributed by atoms with van der Waals surface area (Å²) >= 11 is 0. The third-order valence-electron chi connectivity index (χ3n) is 2.11. The van der Waals surface area contributed by atoms with E-state index >= 15 is 0 Å². The molecule has 2 rings (SSSR count). The van der Waals surface area contributed by atoms with Crippen LogP contribution < -0.4 is 5.73 Å². The lowest BCUT2D eigenvalue weighted by Crippen LogP contribution is -2.02. The molecular formula is C10H9F2NO. The number of fused-ring (bicyclic) bond motifs is 1. The first-order valence-corrected chi connectivity index (χ1v) is 4.28. The van der Waals surface area contributed by atoms with Gasteiger partial charge < -0.3 is 10.2 Å². The van der Waals surface area contributed by atoms with Crippen LogP contribution in [0.3, 0.4) is 0 Å². The molecule has 0 bridgehead atoms.